The number of urea groups is 1. The molecular weight excluding hydrogens is 402 g/mol. The molecule has 0 atom stereocenters. The van der Waals surface area contributed by atoms with Gasteiger partial charge in [0.2, 0.25) is 0 Å². The number of piperidine rings is 1. The lowest BCUT2D eigenvalue weighted by Gasteiger charge is -2.32. The minimum Gasteiger partial charge on any atom is -0.338 e. The van der Waals surface area contributed by atoms with E-state index in [9.17, 15) is 27.2 Å². The molecule has 1 aliphatic rings. The van der Waals surface area contributed by atoms with Gasteiger partial charge in [0.1, 0.15) is 5.82 Å². The Morgan fingerprint density at radius 3 is 2.23 bits per heavy atom. The van der Waals surface area contributed by atoms with Crippen molar-refractivity contribution in [2.45, 2.75) is 31.6 Å². The molecule has 1 saturated heterocycles. The fourth-order valence-corrected chi connectivity index (χ4v) is 3.26. The lowest BCUT2D eigenvalue weighted by molar-refractivity contribution is -0.137. The second-order valence-corrected chi connectivity index (χ2v) is 7.07. The topological polar surface area (TPSA) is 61.4 Å². The normalized spacial score (nSPS) is 15.0. The molecule has 0 aliphatic carbocycles. The summed E-state index contributed by atoms with van der Waals surface area (Å²) in [6, 6.07) is 9.78. The first-order valence-corrected chi connectivity index (χ1v) is 9.48. The van der Waals surface area contributed by atoms with Crippen molar-refractivity contribution < 1.29 is 27.2 Å². The Labute approximate surface area is 171 Å². The molecule has 2 N–H and O–H groups in total. The Kier molecular flexibility index (Phi) is 6.59. The first-order chi connectivity index (χ1) is 14.2. The lowest BCUT2D eigenvalue weighted by Crippen LogP contribution is -2.49. The Bertz CT molecular complexity index is 892. The Morgan fingerprint density at radius 1 is 1.00 bits per heavy atom. The van der Waals surface area contributed by atoms with Crippen LogP contribution in [0.2, 0.25) is 0 Å². The molecule has 1 heterocycles. The highest BCUT2D eigenvalue weighted by Gasteiger charge is 2.30. The molecule has 0 spiro atoms. The summed E-state index contributed by atoms with van der Waals surface area (Å²) in [6.07, 6.45) is -3.35. The van der Waals surface area contributed by atoms with Crippen LogP contribution < -0.4 is 10.6 Å². The smallest absolute Gasteiger partial charge is 0.338 e. The van der Waals surface area contributed by atoms with E-state index in [-0.39, 0.29) is 24.1 Å². The number of rotatable bonds is 4. The number of benzene rings is 2. The molecule has 30 heavy (non-hydrogen) atoms. The van der Waals surface area contributed by atoms with Gasteiger partial charge in [0.15, 0.2) is 0 Å². The van der Waals surface area contributed by atoms with Crippen molar-refractivity contribution in [1.29, 1.82) is 0 Å². The van der Waals surface area contributed by atoms with Crippen LogP contribution in [0.4, 0.5) is 22.4 Å². The van der Waals surface area contributed by atoms with Crippen LogP contribution in [-0.4, -0.2) is 36.0 Å². The quantitative estimate of drug-likeness (QED) is 0.732. The van der Waals surface area contributed by atoms with Gasteiger partial charge in [-0.15, -0.1) is 0 Å². The zero-order valence-electron chi connectivity index (χ0n) is 16.0. The average Bonchev–Trinajstić information content (AvgIpc) is 2.72. The average molecular weight is 423 g/mol. The van der Waals surface area contributed by atoms with E-state index in [1.165, 1.54) is 30.3 Å². The van der Waals surface area contributed by atoms with Gasteiger partial charge >= 0.3 is 12.2 Å². The lowest BCUT2D eigenvalue weighted by atomic mass is 10.0. The van der Waals surface area contributed by atoms with Gasteiger partial charge in [-0.25, -0.2) is 9.18 Å². The second kappa shape index (κ2) is 9.15. The van der Waals surface area contributed by atoms with Gasteiger partial charge < -0.3 is 15.5 Å². The third-order valence-corrected chi connectivity index (χ3v) is 4.96. The Balaban J connectivity index is 1.43. The Hall–Kier alpha value is -3.10. The molecule has 0 aromatic heterocycles. The van der Waals surface area contributed by atoms with Crippen LogP contribution in [0.5, 0.6) is 0 Å². The van der Waals surface area contributed by atoms with E-state index in [2.05, 4.69) is 10.6 Å². The summed E-state index contributed by atoms with van der Waals surface area (Å²) >= 11 is 0. The summed E-state index contributed by atoms with van der Waals surface area (Å²) in [4.78, 5) is 26.0. The summed E-state index contributed by atoms with van der Waals surface area (Å²) in [5, 5.41) is 5.40. The summed E-state index contributed by atoms with van der Waals surface area (Å²) in [7, 11) is 0. The highest BCUT2D eigenvalue weighted by atomic mass is 19.4. The number of halogens is 4. The van der Waals surface area contributed by atoms with E-state index in [0.29, 0.717) is 31.5 Å². The maximum Gasteiger partial charge on any atom is 0.416 e. The summed E-state index contributed by atoms with van der Waals surface area (Å²) in [5.74, 6) is -0.941. The molecule has 3 rings (SSSR count). The number of carbonyl (C=O) groups is 2. The summed E-state index contributed by atoms with van der Waals surface area (Å²) < 4.78 is 51.5. The van der Waals surface area contributed by atoms with Crippen LogP contribution in [0, 0.1) is 5.82 Å². The van der Waals surface area contributed by atoms with Crippen molar-refractivity contribution in [2.24, 2.45) is 0 Å². The maximum atomic E-state index is 13.8. The highest BCUT2D eigenvalue weighted by Crippen LogP contribution is 2.29. The minimum absolute atomic E-state index is 0.0261. The number of hydrogen-bond donors (Lipinski definition) is 2. The molecule has 0 unspecified atom stereocenters. The first-order valence-electron chi connectivity index (χ1n) is 9.48. The van der Waals surface area contributed by atoms with Gasteiger partial charge in [-0.05, 0) is 42.7 Å². The first kappa shape index (κ1) is 21.6. The zero-order chi connectivity index (χ0) is 21.7. The van der Waals surface area contributed by atoms with Crippen molar-refractivity contribution in [3.63, 3.8) is 0 Å². The van der Waals surface area contributed by atoms with Crippen molar-refractivity contribution >= 4 is 11.9 Å². The van der Waals surface area contributed by atoms with Gasteiger partial charge in [-0.3, -0.25) is 4.79 Å². The van der Waals surface area contributed by atoms with E-state index in [4.69, 9.17) is 0 Å². The molecule has 0 saturated carbocycles. The van der Waals surface area contributed by atoms with Gasteiger partial charge in [0, 0.05) is 25.7 Å². The zero-order valence-corrected chi connectivity index (χ0v) is 16.0. The van der Waals surface area contributed by atoms with Crippen molar-refractivity contribution in [1.82, 2.24) is 15.5 Å². The fourth-order valence-electron chi connectivity index (χ4n) is 3.26. The van der Waals surface area contributed by atoms with Gasteiger partial charge in [-0.1, -0.05) is 24.3 Å². The van der Waals surface area contributed by atoms with Crippen LogP contribution in [0.3, 0.4) is 0 Å². The summed E-state index contributed by atoms with van der Waals surface area (Å²) in [6.45, 7) is 0.864. The third-order valence-electron chi connectivity index (χ3n) is 4.96. The number of likely N-dealkylation sites (tertiary alicyclic amines) is 1. The van der Waals surface area contributed by atoms with Gasteiger partial charge in [-0.2, -0.15) is 13.2 Å². The molecule has 2 aromatic rings. The van der Waals surface area contributed by atoms with Crippen molar-refractivity contribution in [2.75, 3.05) is 13.1 Å². The highest BCUT2D eigenvalue weighted by molar-refractivity contribution is 5.94. The molecule has 9 heteroatoms. The SMILES string of the molecule is O=C(NCc1ccc(C(F)(F)F)cc1)NC1CCN(C(=O)c2ccccc2F)CC1. The van der Waals surface area contributed by atoms with E-state index < -0.39 is 23.6 Å². The Morgan fingerprint density at radius 2 is 1.63 bits per heavy atom. The fraction of sp³-hybridized carbons (Fsp3) is 0.333. The predicted molar refractivity (Wildman–Crippen MR) is 102 cm³/mol. The van der Waals surface area contributed by atoms with Crippen LogP contribution in [-0.2, 0) is 12.7 Å². The van der Waals surface area contributed by atoms with E-state index >= 15 is 0 Å². The molecular formula is C21H21F4N3O2. The van der Waals surface area contributed by atoms with Crippen molar-refractivity contribution in [3.8, 4) is 0 Å². The van der Waals surface area contributed by atoms with Crippen LogP contribution in [0.1, 0.15) is 34.3 Å². The molecule has 1 fully saturated rings. The summed E-state index contributed by atoms with van der Waals surface area (Å²) in [5.41, 5.74) is -0.172. The molecule has 2 aromatic carbocycles. The number of carbonyl (C=O) groups excluding carboxylic acids is 2. The third kappa shape index (κ3) is 5.49. The van der Waals surface area contributed by atoms with Gasteiger partial charge in [0.25, 0.3) is 5.91 Å². The maximum absolute atomic E-state index is 13.8. The van der Waals surface area contributed by atoms with Crippen LogP contribution in [0.25, 0.3) is 0 Å². The molecule has 0 bridgehead atoms. The largest absolute Gasteiger partial charge is 0.416 e. The molecule has 160 valence electrons. The van der Waals surface area contributed by atoms with E-state index in [1.807, 2.05) is 0 Å². The minimum atomic E-state index is -4.40. The molecule has 5 nitrogen and oxygen atoms in total. The van der Waals surface area contributed by atoms with Crippen LogP contribution in [0.15, 0.2) is 48.5 Å². The predicted octanol–water partition coefficient (Wildman–Crippen LogP) is 3.95. The van der Waals surface area contributed by atoms with Crippen molar-refractivity contribution in [3.05, 3.63) is 71.0 Å². The van der Waals surface area contributed by atoms with Gasteiger partial charge in [0.05, 0.1) is 11.1 Å². The molecule has 0 radical (unpaired) electrons. The van der Waals surface area contributed by atoms with E-state index in [0.717, 1.165) is 12.1 Å². The molecule has 1 aliphatic heterocycles. The number of hydrogen-bond acceptors (Lipinski definition) is 2. The van der Waals surface area contributed by atoms with E-state index in [1.54, 1.807) is 11.0 Å². The second-order valence-electron chi connectivity index (χ2n) is 7.07. The monoisotopic (exact) mass is 423 g/mol. The number of amides is 3. The van der Waals surface area contributed by atoms with Crippen LogP contribution >= 0.6 is 0 Å². The number of nitrogens with one attached hydrogen (secondary N) is 2. The number of alkyl halides is 3. The molecule has 3 amide bonds. The number of nitrogens with zero attached hydrogens (tertiary/aromatic N) is 1. The standard InChI is InChI=1S/C21H21F4N3O2/c22-18-4-2-1-3-17(18)19(29)28-11-9-16(10-12-28)27-20(30)26-13-14-5-7-15(8-6-14)21(23,24)25/h1-8,16H,9-13H2,(H2,26,27,30).